The van der Waals surface area contributed by atoms with Crippen LogP contribution in [0.1, 0.15) is 0 Å². The normalized spacial score (nSPS) is 11.6. The van der Waals surface area contributed by atoms with Gasteiger partial charge in [-0.3, -0.25) is 0 Å². The van der Waals surface area contributed by atoms with Crippen LogP contribution in [0.5, 0.6) is 0 Å². The van der Waals surface area contributed by atoms with Gasteiger partial charge in [0, 0.05) is 0 Å². The van der Waals surface area contributed by atoms with Crippen molar-refractivity contribution in [1.29, 1.82) is 0 Å². The molecule has 0 aliphatic rings. The zero-order valence-electron chi connectivity index (χ0n) is 27.5. The van der Waals surface area contributed by atoms with E-state index in [4.69, 9.17) is 0 Å². The van der Waals surface area contributed by atoms with Crippen molar-refractivity contribution in [3.63, 3.8) is 0 Å². The fourth-order valence-corrected chi connectivity index (χ4v) is 8.07. The molecule has 0 atom stereocenters. The van der Waals surface area contributed by atoms with Crippen LogP contribution in [-0.4, -0.2) is 0 Å². The molecule has 0 aliphatic heterocycles. The fraction of sp³-hybridized carbons (Fsp3) is 0. The first-order valence-corrected chi connectivity index (χ1v) is 17.3. The van der Waals surface area contributed by atoms with Gasteiger partial charge in [-0.2, -0.15) is 0 Å². The van der Waals surface area contributed by atoms with Gasteiger partial charge in [0.2, 0.25) is 0 Å². The zero-order chi connectivity index (χ0) is 33.0. The number of rotatable bonds is 4. The van der Waals surface area contributed by atoms with E-state index in [1.54, 1.807) is 0 Å². The topological polar surface area (TPSA) is 0 Å². The molecule has 10 aromatic rings. The Bertz CT molecular complexity index is 2840. The SMILES string of the molecule is c1ccc(-c2ccc(-c3ccccc3)c(-c3c4ccccc4c(-c4ccc5cc6c(ccc7ccccc76)cc5c4)c4ccccc34)c2)cc1. The van der Waals surface area contributed by atoms with Crippen molar-refractivity contribution in [3.8, 4) is 44.5 Å². The molecule has 232 valence electrons. The number of benzene rings is 10. The van der Waals surface area contributed by atoms with Crippen LogP contribution in [0.2, 0.25) is 0 Å². The summed E-state index contributed by atoms with van der Waals surface area (Å²) in [5.41, 5.74) is 9.91. The van der Waals surface area contributed by atoms with E-state index in [9.17, 15) is 0 Å². The van der Waals surface area contributed by atoms with Gasteiger partial charge in [-0.15, -0.1) is 0 Å². The largest absolute Gasteiger partial charge is 0.0622 e. The van der Waals surface area contributed by atoms with Gasteiger partial charge in [-0.05, 0) is 123 Å². The van der Waals surface area contributed by atoms with Gasteiger partial charge in [0.05, 0.1) is 0 Å². The van der Waals surface area contributed by atoms with Gasteiger partial charge in [0.25, 0.3) is 0 Å². The van der Waals surface area contributed by atoms with Crippen molar-refractivity contribution in [2.75, 3.05) is 0 Å². The van der Waals surface area contributed by atoms with Gasteiger partial charge in [0.1, 0.15) is 0 Å². The molecule has 0 radical (unpaired) electrons. The molecule has 0 fully saturated rings. The first kappa shape index (κ1) is 28.5. The summed E-state index contributed by atoms with van der Waals surface area (Å²) in [4.78, 5) is 0. The molecule has 0 heterocycles. The minimum absolute atomic E-state index is 1.21. The standard InChI is InChI=1S/C50H32/c1-3-13-33(14-4-1)36-27-28-42(34-15-5-2-6-16-34)48(32-36)50-45-21-11-9-19-43(45)49(44-20-10-12-22-46(44)50)39-26-24-37-31-47-38(29-40(37)30-39)25-23-35-17-7-8-18-41(35)47/h1-32H. The molecule has 10 rings (SSSR count). The Balaban J connectivity index is 1.26. The lowest BCUT2D eigenvalue weighted by atomic mass is 9.82. The molecule has 0 aromatic heterocycles. The molecular weight excluding hydrogens is 601 g/mol. The molecule has 0 spiro atoms. The second kappa shape index (κ2) is 11.6. The molecule has 50 heavy (non-hydrogen) atoms. The summed E-state index contributed by atoms with van der Waals surface area (Å²) in [7, 11) is 0. The van der Waals surface area contributed by atoms with Crippen LogP contribution in [0.4, 0.5) is 0 Å². The Morgan fingerprint density at radius 3 is 1.44 bits per heavy atom. The summed E-state index contributed by atoms with van der Waals surface area (Å²) in [6, 6.07) is 71.4. The van der Waals surface area contributed by atoms with Crippen molar-refractivity contribution in [1.82, 2.24) is 0 Å². The third-order valence-electron chi connectivity index (χ3n) is 10.4. The fourth-order valence-electron chi connectivity index (χ4n) is 8.07. The Hall–Kier alpha value is -6.50. The van der Waals surface area contributed by atoms with Crippen LogP contribution in [0, 0.1) is 0 Å². The molecular formula is C50H32. The zero-order valence-corrected chi connectivity index (χ0v) is 27.5. The van der Waals surface area contributed by atoms with Crippen LogP contribution in [-0.2, 0) is 0 Å². The molecule has 0 heteroatoms. The van der Waals surface area contributed by atoms with E-state index in [0.29, 0.717) is 0 Å². The molecule has 0 saturated carbocycles. The van der Waals surface area contributed by atoms with Crippen LogP contribution in [0.15, 0.2) is 194 Å². The molecule has 10 aromatic carbocycles. The van der Waals surface area contributed by atoms with Gasteiger partial charge in [0.15, 0.2) is 0 Å². The predicted octanol–water partition coefficient (Wildman–Crippen LogP) is 14.1. The summed E-state index contributed by atoms with van der Waals surface area (Å²) < 4.78 is 0. The molecule has 0 aliphatic carbocycles. The first-order valence-electron chi connectivity index (χ1n) is 17.3. The quantitative estimate of drug-likeness (QED) is 0.134. The van der Waals surface area contributed by atoms with Crippen molar-refractivity contribution in [2.24, 2.45) is 0 Å². The highest BCUT2D eigenvalue weighted by atomic mass is 14.2. The molecule has 0 nitrogen and oxygen atoms in total. The van der Waals surface area contributed by atoms with Crippen LogP contribution in [0.25, 0.3) is 98.4 Å². The maximum Gasteiger partial charge on any atom is -0.00199 e. The highest BCUT2D eigenvalue weighted by Gasteiger charge is 2.20. The summed E-state index contributed by atoms with van der Waals surface area (Å²) >= 11 is 0. The van der Waals surface area contributed by atoms with Gasteiger partial charge in [-0.25, -0.2) is 0 Å². The second-order valence-corrected chi connectivity index (χ2v) is 13.3. The van der Waals surface area contributed by atoms with Crippen molar-refractivity contribution < 1.29 is 0 Å². The molecule has 0 saturated heterocycles. The van der Waals surface area contributed by atoms with Crippen LogP contribution < -0.4 is 0 Å². The molecule has 0 bridgehead atoms. The van der Waals surface area contributed by atoms with Gasteiger partial charge >= 0.3 is 0 Å². The minimum atomic E-state index is 1.21. The van der Waals surface area contributed by atoms with E-state index in [1.807, 2.05) is 0 Å². The Kier molecular flexibility index (Phi) is 6.60. The van der Waals surface area contributed by atoms with Crippen molar-refractivity contribution in [2.45, 2.75) is 0 Å². The highest BCUT2D eigenvalue weighted by molar-refractivity contribution is 6.23. The smallest absolute Gasteiger partial charge is 0.00199 e. The predicted molar refractivity (Wildman–Crippen MR) is 216 cm³/mol. The second-order valence-electron chi connectivity index (χ2n) is 13.3. The third kappa shape index (κ3) is 4.61. The average molecular weight is 633 g/mol. The molecule has 0 N–H and O–H groups in total. The lowest BCUT2D eigenvalue weighted by molar-refractivity contribution is 1.58. The van der Waals surface area contributed by atoms with E-state index in [1.165, 1.54) is 98.4 Å². The Morgan fingerprint density at radius 2 is 0.740 bits per heavy atom. The van der Waals surface area contributed by atoms with Crippen molar-refractivity contribution in [3.05, 3.63) is 194 Å². The lowest BCUT2D eigenvalue weighted by Crippen LogP contribution is -1.93. The molecule has 0 amide bonds. The van der Waals surface area contributed by atoms with Crippen LogP contribution >= 0.6 is 0 Å². The monoisotopic (exact) mass is 632 g/mol. The van der Waals surface area contributed by atoms with E-state index >= 15 is 0 Å². The van der Waals surface area contributed by atoms with Crippen LogP contribution in [0.3, 0.4) is 0 Å². The van der Waals surface area contributed by atoms with Gasteiger partial charge in [-0.1, -0.05) is 170 Å². The van der Waals surface area contributed by atoms with E-state index < -0.39 is 0 Å². The molecule has 0 unspecified atom stereocenters. The number of hydrogen-bond donors (Lipinski definition) is 0. The summed E-state index contributed by atoms with van der Waals surface area (Å²) in [5, 5.41) is 12.7. The lowest BCUT2D eigenvalue weighted by Gasteiger charge is -2.21. The van der Waals surface area contributed by atoms with Gasteiger partial charge < -0.3 is 0 Å². The first-order chi connectivity index (χ1) is 24.8. The van der Waals surface area contributed by atoms with E-state index in [0.717, 1.165) is 0 Å². The minimum Gasteiger partial charge on any atom is -0.0622 e. The maximum atomic E-state index is 2.40. The van der Waals surface area contributed by atoms with E-state index in [2.05, 4.69) is 194 Å². The Morgan fingerprint density at radius 1 is 0.200 bits per heavy atom. The summed E-state index contributed by atoms with van der Waals surface area (Å²) in [6.45, 7) is 0. The van der Waals surface area contributed by atoms with E-state index in [-0.39, 0.29) is 0 Å². The third-order valence-corrected chi connectivity index (χ3v) is 10.4. The maximum absolute atomic E-state index is 2.40. The summed E-state index contributed by atoms with van der Waals surface area (Å²) in [5.74, 6) is 0. The summed E-state index contributed by atoms with van der Waals surface area (Å²) in [6.07, 6.45) is 0. The number of hydrogen-bond acceptors (Lipinski definition) is 0. The number of fused-ring (bicyclic) bond motifs is 6. The highest BCUT2D eigenvalue weighted by Crippen LogP contribution is 2.47. The Labute approximate surface area is 291 Å². The average Bonchev–Trinajstić information content (AvgIpc) is 3.19. The van der Waals surface area contributed by atoms with Crippen molar-refractivity contribution >= 4 is 53.9 Å².